The van der Waals surface area contributed by atoms with E-state index in [-0.39, 0.29) is 18.0 Å². The maximum absolute atomic E-state index is 12.4. The Bertz CT molecular complexity index is 1240. The molecule has 0 fully saturated rings. The van der Waals surface area contributed by atoms with Crippen LogP contribution in [0.3, 0.4) is 0 Å². The number of fused-ring (bicyclic) bond motifs is 1. The summed E-state index contributed by atoms with van der Waals surface area (Å²) in [5.74, 6) is -0.976. The topological polar surface area (TPSA) is 97.5 Å². The maximum atomic E-state index is 12.4. The zero-order valence-electron chi connectivity index (χ0n) is 15.7. The number of carboxylic acid groups (broad SMARTS) is 1. The number of aromatic nitrogens is 2. The van der Waals surface area contributed by atoms with Gasteiger partial charge in [0, 0.05) is 23.9 Å². The van der Waals surface area contributed by atoms with Crippen molar-refractivity contribution in [3.63, 3.8) is 0 Å². The molecule has 0 saturated carbocycles. The Kier molecular flexibility index (Phi) is 5.20. The van der Waals surface area contributed by atoms with Gasteiger partial charge in [-0.3, -0.25) is 0 Å². The molecule has 0 aliphatic heterocycles. The van der Waals surface area contributed by atoms with Gasteiger partial charge in [-0.05, 0) is 35.9 Å². The van der Waals surface area contributed by atoms with Gasteiger partial charge in [-0.15, -0.1) is 13.2 Å². The second kappa shape index (κ2) is 7.98. The molecule has 10 heteroatoms. The van der Waals surface area contributed by atoms with Crippen LogP contribution in [-0.2, 0) is 6.54 Å². The van der Waals surface area contributed by atoms with Crippen molar-refractivity contribution in [1.29, 1.82) is 0 Å². The zero-order chi connectivity index (χ0) is 22.0. The number of anilines is 1. The molecular formula is C21H14F3N3O4. The van der Waals surface area contributed by atoms with E-state index >= 15 is 0 Å². The molecule has 0 radical (unpaired) electrons. The van der Waals surface area contributed by atoms with Gasteiger partial charge in [-0.2, -0.15) is 0 Å². The summed E-state index contributed by atoms with van der Waals surface area (Å²) in [5, 5.41) is 16.2. The highest BCUT2D eigenvalue weighted by Gasteiger charge is 2.31. The first-order chi connectivity index (χ1) is 14.8. The predicted molar refractivity (Wildman–Crippen MR) is 105 cm³/mol. The Morgan fingerprint density at radius 3 is 2.65 bits per heavy atom. The quantitative estimate of drug-likeness (QED) is 0.440. The molecule has 4 aromatic rings. The molecular weight excluding hydrogens is 415 g/mol. The van der Waals surface area contributed by atoms with E-state index in [4.69, 9.17) is 4.52 Å². The highest BCUT2D eigenvalue weighted by atomic mass is 19.4. The Balaban J connectivity index is 1.49. The number of para-hydroxylation sites is 1. The number of pyridine rings is 1. The molecule has 0 bridgehead atoms. The van der Waals surface area contributed by atoms with Crippen molar-refractivity contribution < 1.29 is 32.3 Å². The van der Waals surface area contributed by atoms with E-state index in [9.17, 15) is 23.1 Å². The van der Waals surface area contributed by atoms with Gasteiger partial charge in [0.15, 0.2) is 11.3 Å². The molecule has 0 atom stereocenters. The summed E-state index contributed by atoms with van der Waals surface area (Å²) < 4.78 is 46.2. The van der Waals surface area contributed by atoms with Crippen LogP contribution in [-0.4, -0.2) is 27.6 Å². The number of alkyl halides is 3. The average molecular weight is 429 g/mol. The van der Waals surface area contributed by atoms with Crippen molar-refractivity contribution in [3.05, 3.63) is 72.1 Å². The number of carbonyl (C=O) groups is 1. The lowest BCUT2D eigenvalue weighted by Crippen LogP contribution is -2.17. The Labute approximate surface area is 173 Å². The summed E-state index contributed by atoms with van der Waals surface area (Å²) in [5.41, 5.74) is 2.07. The van der Waals surface area contributed by atoms with Crippen LogP contribution in [0.15, 0.2) is 65.3 Å². The Hall–Kier alpha value is -4.08. The third kappa shape index (κ3) is 4.58. The van der Waals surface area contributed by atoms with Crippen molar-refractivity contribution in [1.82, 2.24) is 10.1 Å². The van der Waals surface area contributed by atoms with Crippen molar-refractivity contribution in [2.75, 3.05) is 5.32 Å². The van der Waals surface area contributed by atoms with Crippen molar-refractivity contribution in [2.45, 2.75) is 12.9 Å². The summed E-state index contributed by atoms with van der Waals surface area (Å²) in [6, 6.07) is 14.2. The molecule has 0 unspecified atom stereocenters. The Morgan fingerprint density at radius 1 is 1.13 bits per heavy atom. The van der Waals surface area contributed by atoms with Gasteiger partial charge in [0.05, 0.1) is 5.39 Å². The summed E-state index contributed by atoms with van der Waals surface area (Å²) >= 11 is 0. The minimum Gasteiger partial charge on any atom is -0.476 e. The standard InChI is InChI=1S/C21H14F3N3O4/c22-21(23,24)30-14-4-1-3-12(9-14)10-25-17-8-7-13(11-26-17)15-5-2-6-16-18(20(28)29)27-31-19(15)16/h1-9,11H,10H2,(H,25,26)(H,28,29). The maximum Gasteiger partial charge on any atom is 0.573 e. The number of nitrogens with zero attached hydrogens (tertiary/aromatic N) is 2. The van der Waals surface area contributed by atoms with Gasteiger partial charge in [0.25, 0.3) is 0 Å². The number of nitrogens with one attached hydrogen (secondary N) is 1. The van der Waals surface area contributed by atoms with Crippen molar-refractivity contribution in [2.24, 2.45) is 0 Å². The third-order valence-electron chi connectivity index (χ3n) is 4.38. The van der Waals surface area contributed by atoms with E-state index in [1.165, 1.54) is 18.2 Å². The number of rotatable bonds is 6. The first-order valence-corrected chi connectivity index (χ1v) is 8.97. The molecule has 2 aromatic heterocycles. The lowest BCUT2D eigenvalue weighted by Gasteiger charge is -2.11. The lowest BCUT2D eigenvalue weighted by atomic mass is 10.0. The van der Waals surface area contributed by atoms with Crippen molar-refractivity contribution in [3.8, 4) is 16.9 Å². The Morgan fingerprint density at radius 2 is 1.94 bits per heavy atom. The van der Waals surface area contributed by atoms with E-state index in [0.29, 0.717) is 33.5 Å². The fraction of sp³-hybridized carbons (Fsp3) is 0.0952. The fourth-order valence-corrected chi connectivity index (χ4v) is 3.05. The zero-order valence-corrected chi connectivity index (χ0v) is 15.7. The van der Waals surface area contributed by atoms with Gasteiger partial charge in [0.1, 0.15) is 11.6 Å². The molecule has 31 heavy (non-hydrogen) atoms. The number of benzene rings is 2. The normalized spacial score (nSPS) is 11.5. The molecule has 7 nitrogen and oxygen atoms in total. The molecule has 2 aromatic carbocycles. The van der Waals surface area contributed by atoms with Crippen LogP contribution >= 0.6 is 0 Å². The predicted octanol–water partition coefficient (Wildman–Crippen LogP) is 5.10. The largest absolute Gasteiger partial charge is 0.573 e. The summed E-state index contributed by atoms with van der Waals surface area (Å²) in [6.45, 7) is 0.237. The second-order valence-corrected chi connectivity index (χ2v) is 6.50. The summed E-state index contributed by atoms with van der Waals surface area (Å²) in [7, 11) is 0. The van der Waals surface area contributed by atoms with E-state index in [1.54, 1.807) is 42.6 Å². The highest BCUT2D eigenvalue weighted by Crippen LogP contribution is 2.30. The minimum absolute atomic E-state index is 0.167. The molecule has 2 N–H and O–H groups in total. The molecule has 158 valence electrons. The molecule has 0 aliphatic rings. The lowest BCUT2D eigenvalue weighted by molar-refractivity contribution is -0.274. The van der Waals surface area contributed by atoms with E-state index < -0.39 is 12.3 Å². The first kappa shape index (κ1) is 20.2. The summed E-state index contributed by atoms with van der Waals surface area (Å²) in [4.78, 5) is 15.5. The van der Waals surface area contributed by atoms with E-state index in [0.717, 1.165) is 0 Å². The number of carboxylic acids is 1. The SMILES string of the molecule is O=C(O)c1noc2c(-c3ccc(NCc4cccc(OC(F)(F)F)c4)nc3)cccc12. The number of halogens is 3. The number of ether oxygens (including phenoxy) is 1. The van der Waals surface area contributed by atoms with Crippen LogP contribution in [0.5, 0.6) is 5.75 Å². The van der Waals surface area contributed by atoms with E-state index in [1.807, 2.05) is 0 Å². The molecule has 0 spiro atoms. The van der Waals surface area contributed by atoms with Gasteiger partial charge in [0.2, 0.25) is 0 Å². The molecule has 0 amide bonds. The molecule has 2 heterocycles. The molecule has 0 aliphatic carbocycles. The van der Waals surface area contributed by atoms with Gasteiger partial charge < -0.3 is 19.7 Å². The fourth-order valence-electron chi connectivity index (χ4n) is 3.05. The van der Waals surface area contributed by atoms with Crippen LogP contribution in [0.2, 0.25) is 0 Å². The highest BCUT2D eigenvalue weighted by molar-refractivity contribution is 6.04. The monoisotopic (exact) mass is 429 g/mol. The smallest absolute Gasteiger partial charge is 0.476 e. The van der Waals surface area contributed by atoms with Gasteiger partial charge >= 0.3 is 12.3 Å². The number of hydrogen-bond donors (Lipinski definition) is 2. The average Bonchev–Trinajstić information content (AvgIpc) is 3.16. The third-order valence-corrected chi connectivity index (χ3v) is 4.38. The van der Waals surface area contributed by atoms with Crippen LogP contribution in [0.1, 0.15) is 16.1 Å². The van der Waals surface area contributed by atoms with E-state index in [2.05, 4.69) is 20.2 Å². The van der Waals surface area contributed by atoms with Crippen molar-refractivity contribution >= 4 is 22.8 Å². The second-order valence-electron chi connectivity index (χ2n) is 6.50. The first-order valence-electron chi connectivity index (χ1n) is 8.97. The van der Waals surface area contributed by atoms with Gasteiger partial charge in [-0.1, -0.05) is 29.4 Å². The van der Waals surface area contributed by atoms with Crippen LogP contribution in [0.25, 0.3) is 22.1 Å². The van der Waals surface area contributed by atoms with Crippen LogP contribution in [0.4, 0.5) is 19.0 Å². The molecule has 4 rings (SSSR count). The number of aromatic carboxylic acids is 1. The van der Waals surface area contributed by atoms with Crippen LogP contribution in [0, 0.1) is 0 Å². The van der Waals surface area contributed by atoms with Gasteiger partial charge in [-0.25, -0.2) is 9.78 Å². The van der Waals surface area contributed by atoms with Crippen LogP contribution < -0.4 is 10.1 Å². The molecule has 0 saturated heterocycles. The minimum atomic E-state index is -4.75. The number of hydrogen-bond acceptors (Lipinski definition) is 6. The summed E-state index contributed by atoms with van der Waals surface area (Å²) in [6.07, 6.45) is -3.18.